The van der Waals surface area contributed by atoms with Crippen LogP contribution in [0.3, 0.4) is 0 Å². The van der Waals surface area contributed by atoms with E-state index in [1.807, 2.05) is 25.1 Å². The molecule has 1 aliphatic rings. The summed E-state index contributed by atoms with van der Waals surface area (Å²) in [4.78, 5) is 12.2. The van der Waals surface area contributed by atoms with Gasteiger partial charge in [0.25, 0.3) is 0 Å². The molecule has 1 fully saturated rings. The summed E-state index contributed by atoms with van der Waals surface area (Å²) >= 11 is 0. The first-order chi connectivity index (χ1) is 8.64. The van der Waals surface area contributed by atoms with Crippen LogP contribution in [-0.2, 0) is 14.9 Å². The maximum absolute atomic E-state index is 12.2. The Bertz CT molecular complexity index is 475. The quantitative estimate of drug-likeness (QED) is 0.655. The van der Waals surface area contributed by atoms with Crippen molar-refractivity contribution in [3.63, 3.8) is 0 Å². The van der Waals surface area contributed by atoms with Crippen LogP contribution in [-0.4, -0.2) is 12.6 Å². The average molecular weight is 245 g/mol. The number of carbonyl (C=O) groups excluding carboxylic acids is 1. The van der Waals surface area contributed by atoms with Crippen molar-refractivity contribution in [3.05, 3.63) is 35.9 Å². The van der Waals surface area contributed by atoms with E-state index < -0.39 is 5.41 Å². The van der Waals surface area contributed by atoms with Crippen LogP contribution in [0.25, 0.3) is 6.08 Å². The van der Waals surface area contributed by atoms with Crippen LogP contribution in [0, 0.1) is 0 Å². The molecule has 0 atom stereocenters. The van der Waals surface area contributed by atoms with Gasteiger partial charge < -0.3 is 10.5 Å². The number of hydrogen-bond donors (Lipinski definition) is 1. The van der Waals surface area contributed by atoms with Crippen LogP contribution in [0.5, 0.6) is 0 Å². The highest BCUT2D eigenvalue weighted by molar-refractivity contribution is 5.85. The smallest absolute Gasteiger partial charge is 0.316 e. The molecule has 0 amide bonds. The second kappa shape index (κ2) is 4.84. The van der Waals surface area contributed by atoms with Gasteiger partial charge in [-0.2, -0.15) is 0 Å². The predicted octanol–water partition coefficient (Wildman–Crippen LogP) is 2.90. The SMILES string of the molecule is C=Cc1cc(C2(C(=O)OCC)CCC2)ccc1N. The Hall–Kier alpha value is -1.77. The van der Waals surface area contributed by atoms with Crippen LogP contribution in [0.15, 0.2) is 24.8 Å². The summed E-state index contributed by atoms with van der Waals surface area (Å²) in [6.07, 6.45) is 4.49. The number of benzene rings is 1. The number of esters is 1. The molecule has 3 nitrogen and oxygen atoms in total. The maximum atomic E-state index is 12.2. The highest BCUT2D eigenvalue weighted by atomic mass is 16.5. The van der Waals surface area contributed by atoms with Gasteiger partial charge in [0.05, 0.1) is 12.0 Å². The molecule has 1 saturated carbocycles. The topological polar surface area (TPSA) is 52.3 Å². The summed E-state index contributed by atoms with van der Waals surface area (Å²) < 4.78 is 5.21. The molecule has 1 aliphatic carbocycles. The molecule has 0 saturated heterocycles. The minimum Gasteiger partial charge on any atom is -0.465 e. The standard InChI is InChI=1S/C15H19NO2/c1-3-11-10-12(6-7-13(11)16)15(8-5-9-15)14(17)18-4-2/h3,6-7,10H,1,4-5,8-9,16H2,2H3. The van der Waals surface area contributed by atoms with Crippen LogP contribution < -0.4 is 5.73 Å². The van der Waals surface area contributed by atoms with Gasteiger partial charge in [0, 0.05) is 5.69 Å². The molecule has 0 spiro atoms. The fraction of sp³-hybridized carbons (Fsp3) is 0.400. The minimum absolute atomic E-state index is 0.115. The third-order valence-electron chi connectivity index (χ3n) is 3.73. The molecule has 1 aromatic carbocycles. The first-order valence-corrected chi connectivity index (χ1v) is 6.33. The Kier molecular flexibility index (Phi) is 3.41. The number of nitrogen functional groups attached to an aromatic ring is 1. The lowest BCUT2D eigenvalue weighted by Gasteiger charge is -2.39. The van der Waals surface area contributed by atoms with Crippen molar-refractivity contribution in [1.82, 2.24) is 0 Å². The van der Waals surface area contributed by atoms with Gasteiger partial charge in [-0.15, -0.1) is 0 Å². The van der Waals surface area contributed by atoms with Crippen LogP contribution >= 0.6 is 0 Å². The molecule has 2 rings (SSSR count). The Labute approximate surface area is 108 Å². The third kappa shape index (κ3) is 1.90. The highest BCUT2D eigenvalue weighted by Crippen LogP contribution is 2.45. The van der Waals surface area contributed by atoms with Crippen molar-refractivity contribution in [3.8, 4) is 0 Å². The van der Waals surface area contributed by atoms with Crippen molar-refractivity contribution >= 4 is 17.7 Å². The molecule has 0 bridgehead atoms. The largest absolute Gasteiger partial charge is 0.465 e. The first-order valence-electron chi connectivity index (χ1n) is 6.33. The molecular weight excluding hydrogens is 226 g/mol. The molecule has 0 aromatic heterocycles. The van der Waals surface area contributed by atoms with Crippen molar-refractivity contribution in [2.45, 2.75) is 31.6 Å². The average Bonchev–Trinajstić information content (AvgIpc) is 2.30. The van der Waals surface area contributed by atoms with Crippen molar-refractivity contribution < 1.29 is 9.53 Å². The van der Waals surface area contributed by atoms with E-state index in [2.05, 4.69) is 6.58 Å². The van der Waals surface area contributed by atoms with Crippen molar-refractivity contribution in [2.75, 3.05) is 12.3 Å². The van der Waals surface area contributed by atoms with E-state index >= 15 is 0 Å². The summed E-state index contributed by atoms with van der Waals surface area (Å²) in [5, 5.41) is 0. The Balaban J connectivity index is 2.38. The van der Waals surface area contributed by atoms with Gasteiger partial charge in [0.1, 0.15) is 0 Å². The van der Waals surface area contributed by atoms with E-state index in [4.69, 9.17) is 10.5 Å². The number of ether oxygens (including phenoxy) is 1. The predicted molar refractivity (Wildman–Crippen MR) is 73.1 cm³/mol. The zero-order valence-corrected chi connectivity index (χ0v) is 10.7. The van der Waals surface area contributed by atoms with E-state index in [0.717, 1.165) is 30.4 Å². The van der Waals surface area contributed by atoms with Gasteiger partial charge in [-0.25, -0.2) is 0 Å². The molecule has 2 N–H and O–H groups in total. The first kappa shape index (κ1) is 12.7. The van der Waals surface area contributed by atoms with Gasteiger partial charge in [-0.1, -0.05) is 25.1 Å². The lowest BCUT2D eigenvalue weighted by atomic mass is 9.64. The van der Waals surface area contributed by atoms with Crippen LogP contribution in [0.1, 0.15) is 37.3 Å². The molecule has 0 radical (unpaired) electrons. The molecule has 0 unspecified atom stereocenters. The van der Waals surface area contributed by atoms with Gasteiger partial charge in [0.2, 0.25) is 0 Å². The number of carbonyl (C=O) groups is 1. The molecule has 18 heavy (non-hydrogen) atoms. The molecule has 96 valence electrons. The van der Waals surface area contributed by atoms with Crippen LogP contribution in [0.4, 0.5) is 5.69 Å². The zero-order chi connectivity index (χ0) is 13.2. The van der Waals surface area contributed by atoms with Crippen molar-refractivity contribution in [1.29, 1.82) is 0 Å². The van der Waals surface area contributed by atoms with Crippen molar-refractivity contribution in [2.24, 2.45) is 0 Å². The summed E-state index contributed by atoms with van der Waals surface area (Å²) in [6.45, 7) is 6.00. The monoisotopic (exact) mass is 245 g/mol. The number of hydrogen-bond acceptors (Lipinski definition) is 3. The minimum atomic E-state index is -0.457. The maximum Gasteiger partial charge on any atom is 0.316 e. The molecule has 1 aromatic rings. The number of anilines is 1. The Morgan fingerprint density at radius 1 is 1.56 bits per heavy atom. The van der Waals surface area contributed by atoms with E-state index in [0.29, 0.717) is 12.3 Å². The Morgan fingerprint density at radius 3 is 2.78 bits per heavy atom. The lowest BCUT2D eigenvalue weighted by Crippen LogP contribution is -2.43. The van der Waals surface area contributed by atoms with Crippen LogP contribution in [0.2, 0.25) is 0 Å². The zero-order valence-electron chi connectivity index (χ0n) is 10.7. The second-order valence-electron chi connectivity index (χ2n) is 4.70. The lowest BCUT2D eigenvalue weighted by molar-refractivity contribution is -0.153. The van der Waals surface area contributed by atoms with Gasteiger partial charge in [-0.3, -0.25) is 4.79 Å². The summed E-state index contributed by atoms with van der Waals surface area (Å²) in [5.74, 6) is -0.115. The normalized spacial score (nSPS) is 16.7. The van der Waals surface area contributed by atoms with Gasteiger partial charge in [-0.05, 0) is 43.0 Å². The summed E-state index contributed by atoms with van der Waals surface area (Å²) in [6, 6.07) is 5.72. The van der Waals surface area contributed by atoms with Gasteiger partial charge >= 0.3 is 5.97 Å². The summed E-state index contributed by atoms with van der Waals surface area (Å²) in [5.41, 5.74) is 7.95. The molecule has 3 heteroatoms. The number of rotatable bonds is 4. The van der Waals surface area contributed by atoms with Gasteiger partial charge in [0.15, 0.2) is 0 Å². The third-order valence-corrected chi connectivity index (χ3v) is 3.73. The van der Waals surface area contributed by atoms with E-state index in [1.165, 1.54) is 0 Å². The summed E-state index contributed by atoms with van der Waals surface area (Å²) in [7, 11) is 0. The fourth-order valence-corrected chi connectivity index (χ4v) is 2.46. The fourth-order valence-electron chi connectivity index (χ4n) is 2.46. The van der Waals surface area contributed by atoms with E-state index in [-0.39, 0.29) is 5.97 Å². The Morgan fingerprint density at radius 2 is 2.28 bits per heavy atom. The molecule has 0 aliphatic heterocycles. The van der Waals surface area contributed by atoms with E-state index in [9.17, 15) is 4.79 Å². The molecular formula is C15H19NO2. The highest BCUT2D eigenvalue weighted by Gasteiger charge is 2.47. The molecule has 0 heterocycles. The number of nitrogens with two attached hydrogens (primary N) is 1. The van der Waals surface area contributed by atoms with E-state index in [1.54, 1.807) is 6.08 Å². The second-order valence-corrected chi connectivity index (χ2v) is 4.70.